The van der Waals surface area contributed by atoms with E-state index in [9.17, 15) is 13.6 Å². The zero-order chi connectivity index (χ0) is 11.3. The van der Waals surface area contributed by atoms with Crippen LogP contribution >= 0.6 is 0 Å². The van der Waals surface area contributed by atoms with Gasteiger partial charge in [-0.3, -0.25) is 4.79 Å². The highest BCUT2D eigenvalue weighted by molar-refractivity contribution is 5.94. The topological polar surface area (TPSA) is 55.1 Å². The first-order valence-electron chi connectivity index (χ1n) is 4.49. The first kappa shape index (κ1) is 11.6. The van der Waals surface area contributed by atoms with Crippen LogP contribution in [0.15, 0.2) is 24.3 Å². The molecule has 0 fully saturated rings. The molecule has 1 amide bonds. The molecule has 0 heterocycles. The van der Waals surface area contributed by atoms with Crippen molar-refractivity contribution >= 4 is 5.91 Å². The summed E-state index contributed by atoms with van der Waals surface area (Å²) in [5.41, 5.74) is 6.62. The van der Waals surface area contributed by atoms with Gasteiger partial charge in [0.1, 0.15) is 0 Å². The molecule has 0 spiro atoms. The van der Waals surface area contributed by atoms with Gasteiger partial charge in [0.25, 0.3) is 12.3 Å². The van der Waals surface area contributed by atoms with Crippen LogP contribution in [0.2, 0.25) is 0 Å². The van der Waals surface area contributed by atoms with Crippen LogP contribution in [-0.2, 0) is 6.54 Å². The predicted octanol–water partition coefficient (Wildman–Crippen LogP) is 1.14. The Bertz CT molecular complexity index is 325. The zero-order valence-electron chi connectivity index (χ0n) is 8.04. The summed E-state index contributed by atoms with van der Waals surface area (Å²) in [6, 6.07) is 6.50. The molecule has 3 nitrogen and oxygen atoms in total. The fraction of sp³-hybridized carbons (Fsp3) is 0.300. The van der Waals surface area contributed by atoms with Gasteiger partial charge in [-0.1, -0.05) is 12.1 Å². The summed E-state index contributed by atoms with van der Waals surface area (Å²) in [5.74, 6) is -0.501. The Morgan fingerprint density at radius 1 is 1.33 bits per heavy atom. The predicted molar refractivity (Wildman–Crippen MR) is 52.7 cm³/mol. The average Bonchev–Trinajstić information content (AvgIpc) is 2.26. The van der Waals surface area contributed by atoms with Crippen LogP contribution in [0, 0.1) is 0 Å². The van der Waals surface area contributed by atoms with Gasteiger partial charge in [0, 0.05) is 12.1 Å². The Kier molecular flexibility index (Phi) is 4.17. The maximum absolute atomic E-state index is 11.8. The van der Waals surface area contributed by atoms with Crippen molar-refractivity contribution in [3.8, 4) is 0 Å². The second-order valence-electron chi connectivity index (χ2n) is 3.00. The van der Waals surface area contributed by atoms with Crippen molar-refractivity contribution in [2.24, 2.45) is 5.73 Å². The number of halogens is 2. The van der Waals surface area contributed by atoms with Crippen molar-refractivity contribution in [3.63, 3.8) is 0 Å². The Hall–Kier alpha value is -1.49. The molecular weight excluding hydrogens is 202 g/mol. The number of carbonyl (C=O) groups is 1. The third-order valence-electron chi connectivity index (χ3n) is 1.87. The summed E-state index contributed by atoms with van der Waals surface area (Å²) in [7, 11) is 0. The molecule has 3 N–H and O–H groups in total. The summed E-state index contributed by atoms with van der Waals surface area (Å²) in [5, 5.41) is 2.12. The second-order valence-corrected chi connectivity index (χ2v) is 3.00. The van der Waals surface area contributed by atoms with E-state index in [1.807, 2.05) is 0 Å². The number of rotatable bonds is 4. The zero-order valence-corrected chi connectivity index (χ0v) is 8.04. The van der Waals surface area contributed by atoms with Crippen LogP contribution in [0.25, 0.3) is 0 Å². The van der Waals surface area contributed by atoms with Gasteiger partial charge in [-0.2, -0.15) is 0 Å². The van der Waals surface area contributed by atoms with Gasteiger partial charge in [-0.15, -0.1) is 0 Å². The van der Waals surface area contributed by atoms with Crippen molar-refractivity contribution in [2.75, 3.05) is 6.54 Å². The molecule has 1 aromatic rings. The smallest absolute Gasteiger partial charge is 0.255 e. The molecule has 0 saturated carbocycles. The Labute approximate surface area is 86.3 Å². The summed E-state index contributed by atoms with van der Waals surface area (Å²) in [6.45, 7) is -0.240. The molecule has 82 valence electrons. The van der Waals surface area contributed by atoms with E-state index in [1.165, 1.54) is 0 Å². The summed E-state index contributed by atoms with van der Waals surface area (Å²) in [6.07, 6.45) is -2.53. The minimum atomic E-state index is -2.53. The Balaban J connectivity index is 2.58. The normalized spacial score (nSPS) is 10.4. The van der Waals surface area contributed by atoms with Crippen molar-refractivity contribution in [1.29, 1.82) is 0 Å². The van der Waals surface area contributed by atoms with Gasteiger partial charge in [-0.25, -0.2) is 8.78 Å². The van der Waals surface area contributed by atoms with Gasteiger partial charge in [0.15, 0.2) is 0 Å². The summed E-state index contributed by atoms with van der Waals surface area (Å²) >= 11 is 0. The number of carbonyl (C=O) groups excluding carboxylic acids is 1. The minimum absolute atomic E-state index is 0.354. The van der Waals surface area contributed by atoms with Gasteiger partial charge >= 0.3 is 0 Å². The number of amides is 1. The summed E-state index contributed by atoms with van der Waals surface area (Å²) < 4.78 is 23.6. The van der Waals surface area contributed by atoms with E-state index in [4.69, 9.17) is 5.73 Å². The molecule has 0 bridgehead atoms. The van der Waals surface area contributed by atoms with E-state index in [-0.39, 0.29) is 0 Å². The van der Waals surface area contributed by atoms with Crippen molar-refractivity contribution in [1.82, 2.24) is 5.32 Å². The molecule has 0 atom stereocenters. The van der Waals surface area contributed by atoms with Crippen LogP contribution in [0.5, 0.6) is 0 Å². The highest BCUT2D eigenvalue weighted by Crippen LogP contribution is 2.03. The second kappa shape index (κ2) is 5.41. The monoisotopic (exact) mass is 214 g/mol. The average molecular weight is 214 g/mol. The van der Waals surface area contributed by atoms with Gasteiger partial charge in [0.2, 0.25) is 0 Å². The van der Waals surface area contributed by atoms with Gasteiger partial charge in [-0.05, 0) is 17.7 Å². The van der Waals surface area contributed by atoms with E-state index in [2.05, 4.69) is 5.32 Å². The number of benzene rings is 1. The molecule has 0 saturated heterocycles. The number of nitrogens with one attached hydrogen (secondary N) is 1. The van der Waals surface area contributed by atoms with Crippen molar-refractivity contribution in [3.05, 3.63) is 35.4 Å². The number of hydrogen-bond acceptors (Lipinski definition) is 2. The maximum Gasteiger partial charge on any atom is 0.255 e. The molecule has 5 heteroatoms. The Morgan fingerprint density at radius 3 is 2.40 bits per heavy atom. The molecule has 1 aromatic carbocycles. The molecule has 0 aliphatic carbocycles. The van der Waals surface area contributed by atoms with Gasteiger partial charge in [0.05, 0.1) is 6.54 Å². The first-order valence-corrected chi connectivity index (χ1v) is 4.49. The quantitative estimate of drug-likeness (QED) is 0.789. The van der Waals surface area contributed by atoms with Crippen LogP contribution in [0.3, 0.4) is 0 Å². The van der Waals surface area contributed by atoms with Crippen LogP contribution in [-0.4, -0.2) is 18.9 Å². The SMILES string of the molecule is NCc1ccc(C(=O)NCC(F)F)cc1. The molecule has 0 radical (unpaired) electrons. The molecule has 0 aliphatic heterocycles. The highest BCUT2D eigenvalue weighted by atomic mass is 19.3. The minimum Gasteiger partial charge on any atom is -0.346 e. The summed E-state index contributed by atoms with van der Waals surface area (Å²) in [4.78, 5) is 11.3. The lowest BCUT2D eigenvalue weighted by Gasteiger charge is -2.04. The van der Waals surface area contributed by atoms with E-state index in [1.54, 1.807) is 24.3 Å². The first-order chi connectivity index (χ1) is 7.13. The van der Waals surface area contributed by atoms with E-state index in [0.717, 1.165) is 5.56 Å². The highest BCUT2D eigenvalue weighted by Gasteiger charge is 2.08. The molecule has 0 unspecified atom stereocenters. The van der Waals surface area contributed by atoms with E-state index < -0.39 is 18.9 Å². The van der Waals surface area contributed by atoms with Gasteiger partial charge < -0.3 is 11.1 Å². The van der Waals surface area contributed by atoms with E-state index >= 15 is 0 Å². The van der Waals surface area contributed by atoms with Crippen LogP contribution in [0.4, 0.5) is 8.78 Å². The molecular formula is C10H12F2N2O. The van der Waals surface area contributed by atoms with Crippen LogP contribution < -0.4 is 11.1 Å². The molecule has 15 heavy (non-hydrogen) atoms. The lowest BCUT2D eigenvalue weighted by molar-refractivity contribution is 0.0891. The third kappa shape index (κ3) is 3.63. The fourth-order valence-electron chi connectivity index (χ4n) is 1.06. The third-order valence-corrected chi connectivity index (χ3v) is 1.87. The molecule has 1 rings (SSSR count). The lowest BCUT2D eigenvalue weighted by Crippen LogP contribution is -2.28. The standard InChI is InChI=1S/C10H12F2N2O/c11-9(12)6-14-10(15)8-3-1-7(5-13)2-4-8/h1-4,9H,5-6,13H2,(H,14,15). The number of alkyl halides is 2. The Morgan fingerprint density at radius 2 is 1.93 bits per heavy atom. The number of nitrogens with two attached hydrogens (primary N) is 1. The largest absolute Gasteiger partial charge is 0.346 e. The number of hydrogen-bond donors (Lipinski definition) is 2. The fourth-order valence-corrected chi connectivity index (χ4v) is 1.06. The van der Waals surface area contributed by atoms with Crippen molar-refractivity contribution in [2.45, 2.75) is 13.0 Å². The van der Waals surface area contributed by atoms with Crippen molar-refractivity contribution < 1.29 is 13.6 Å². The van der Waals surface area contributed by atoms with E-state index in [0.29, 0.717) is 12.1 Å². The lowest BCUT2D eigenvalue weighted by atomic mass is 10.1. The molecule has 0 aromatic heterocycles. The maximum atomic E-state index is 11.8. The molecule has 0 aliphatic rings. The van der Waals surface area contributed by atoms with Crippen LogP contribution in [0.1, 0.15) is 15.9 Å².